The highest BCUT2D eigenvalue weighted by Crippen LogP contribution is 2.15. The molecule has 0 aromatic heterocycles. The maximum Gasteiger partial charge on any atom is 0.335 e. The van der Waals surface area contributed by atoms with Crippen molar-refractivity contribution >= 4 is 5.97 Å². The van der Waals surface area contributed by atoms with Crippen LogP contribution in [0.3, 0.4) is 0 Å². The third kappa shape index (κ3) is 35.0. The van der Waals surface area contributed by atoms with Crippen molar-refractivity contribution in [1.29, 1.82) is 0 Å². The van der Waals surface area contributed by atoms with Gasteiger partial charge in [0.05, 0.1) is 6.26 Å². The molecule has 0 spiro atoms. The van der Waals surface area contributed by atoms with Gasteiger partial charge in [0, 0.05) is 6.08 Å². The van der Waals surface area contributed by atoms with Crippen molar-refractivity contribution < 1.29 is 9.53 Å². The number of ether oxygens (including phenoxy) is 1. The van der Waals surface area contributed by atoms with Gasteiger partial charge in [-0.3, -0.25) is 0 Å². The zero-order valence-electron chi connectivity index (χ0n) is 27.5. The highest BCUT2D eigenvalue weighted by Gasteiger charge is 1.96. The Morgan fingerprint density at radius 1 is 0.400 bits per heavy atom. The molecule has 0 unspecified atom stereocenters. The summed E-state index contributed by atoms with van der Waals surface area (Å²) in [6, 6.07) is 0. The summed E-state index contributed by atoms with van der Waals surface area (Å²) in [6.07, 6.45) is 49.3. The van der Waals surface area contributed by atoms with Crippen molar-refractivity contribution in [1.82, 2.24) is 0 Å². The second-order valence-electron chi connectivity index (χ2n) is 12.3. The fourth-order valence-electron chi connectivity index (χ4n) is 5.49. The Morgan fingerprint density at radius 2 is 0.675 bits per heavy atom. The molecule has 0 saturated heterocycles. The number of carbonyl (C=O) groups excluding carboxylic acids is 1. The molecule has 236 valence electrons. The first-order valence-electron chi connectivity index (χ1n) is 18.3. The average Bonchev–Trinajstić information content (AvgIpc) is 2.96. The van der Waals surface area contributed by atoms with Crippen LogP contribution in [0.15, 0.2) is 24.5 Å². The first-order valence-corrected chi connectivity index (χ1v) is 18.3. The second kappa shape index (κ2) is 36.0. The minimum atomic E-state index is -0.238. The van der Waals surface area contributed by atoms with E-state index in [0.29, 0.717) is 0 Å². The van der Waals surface area contributed by atoms with Crippen LogP contribution in [-0.4, -0.2) is 5.97 Å². The van der Waals surface area contributed by atoms with Crippen molar-refractivity contribution in [2.24, 2.45) is 0 Å². The number of hydrogen-bond acceptors (Lipinski definition) is 2. The molecule has 0 heterocycles. The number of allylic oxidation sites excluding steroid dienone is 2. The maximum absolute atomic E-state index is 11.8. The third-order valence-corrected chi connectivity index (χ3v) is 8.23. The zero-order chi connectivity index (χ0) is 29.0. The summed E-state index contributed by atoms with van der Waals surface area (Å²) in [5.74, 6) is -0.238. The van der Waals surface area contributed by atoms with Crippen LogP contribution >= 0.6 is 0 Å². The van der Waals surface area contributed by atoms with Gasteiger partial charge in [-0.1, -0.05) is 193 Å². The SMILES string of the molecule is CCCCCCCCCCCCCCC/C=C/C(=O)O/C=C/CCCCCCCCCCCCCCCCCC. The predicted molar refractivity (Wildman–Crippen MR) is 179 cm³/mol. The minimum absolute atomic E-state index is 0.238. The lowest BCUT2D eigenvalue weighted by Crippen LogP contribution is -1.93. The number of carbonyl (C=O) groups is 1. The highest BCUT2D eigenvalue weighted by atomic mass is 16.5. The number of rotatable bonds is 33. The summed E-state index contributed by atoms with van der Waals surface area (Å²) in [4.78, 5) is 11.8. The van der Waals surface area contributed by atoms with Crippen LogP contribution in [0.4, 0.5) is 0 Å². The first-order chi connectivity index (χ1) is 19.8. The molecule has 0 aliphatic rings. The van der Waals surface area contributed by atoms with Gasteiger partial charge in [0.15, 0.2) is 0 Å². The van der Waals surface area contributed by atoms with Crippen LogP contribution in [0.2, 0.25) is 0 Å². The van der Waals surface area contributed by atoms with Crippen molar-refractivity contribution in [2.45, 2.75) is 213 Å². The molecule has 0 radical (unpaired) electrons. The fourth-order valence-corrected chi connectivity index (χ4v) is 5.49. The molecule has 0 amide bonds. The largest absolute Gasteiger partial charge is 0.432 e. The van der Waals surface area contributed by atoms with Gasteiger partial charge < -0.3 is 4.74 Å². The lowest BCUT2D eigenvalue weighted by atomic mass is 10.0. The molecule has 0 saturated carbocycles. The van der Waals surface area contributed by atoms with Crippen molar-refractivity contribution in [2.75, 3.05) is 0 Å². The molecule has 2 nitrogen and oxygen atoms in total. The molecule has 0 fully saturated rings. The minimum Gasteiger partial charge on any atom is -0.432 e. The smallest absolute Gasteiger partial charge is 0.335 e. The summed E-state index contributed by atoms with van der Waals surface area (Å²) in [7, 11) is 0. The third-order valence-electron chi connectivity index (χ3n) is 8.23. The Balaban J connectivity index is 3.27. The van der Waals surface area contributed by atoms with E-state index in [2.05, 4.69) is 13.8 Å². The molecule has 0 aromatic rings. The van der Waals surface area contributed by atoms with E-state index in [1.165, 1.54) is 186 Å². The highest BCUT2D eigenvalue weighted by molar-refractivity contribution is 5.82. The second-order valence-corrected chi connectivity index (χ2v) is 12.3. The van der Waals surface area contributed by atoms with Gasteiger partial charge in [0.1, 0.15) is 0 Å². The van der Waals surface area contributed by atoms with Crippen LogP contribution in [0, 0.1) is 0 Å². The molecule has 0 bridgehead atoms. The maximum atomic E-state index is 11.8. The molecule has 0 atom stereocenters. The van der Waals surface area contributed by atoms with Gasteiger partial charge in [-0.05, 0) is 31.8 Å². The molecule has 0 aliphatic heterocycles. The van der Waals surface area contributed by atoms with Crippen LogP contribution in [-0.2, 0) is 9.53 Å². The molecule has 0 N–H and O–H groups in total. The Morgan fingerprint density at radius 3 is 1.00 bits per heavy atom. The molecular formula is C38H72O2. The van der Waals surface area contributed by atoms with Crippen molar-refractivity contribution in [3.05, 3.63) is 24.5 Å². The first kappa shape index (κ1) is 39.0. The Hall–Kier alpha value is -1.05. The van der Waals surface area contributed by atoms with Crippen LogP contribution in [0.25, 0.3) is 0 Å². The summed E-state index contributed by atoms with van der Waals surface area (Å²) in [5.41, 5.74) is 0. The van der Waals surface area contributed by atoms with Gasteiger partial charge in [-0.2, -0.15) is 0 Å². The summed E-state index contributed by atoms with van der Waals surface area (Å²) in [5, 5.41) is 0. The Kier molecular flexibility index (Phi) is 35.0. The van der Waals surface area contributed by atoms with E-state index in [1.807, 2.05) is 12.2 Å². The molecule has 2 heteroatoms. The van der Waals surface area contributed by atoms with E-state index in [9.17, 15) is 4.79 Å². The van der Waals surface area contributed by atoms with Gasteiger partial charge in [0.25, 0.3) is 0 Å². The van der Waals surface area contributed by atoms with E-state index >= 15 is 0 Å². The van der Waals surface area contributed by atoms with Gasteiger partial charge in [0.2, 0.25) is 0 Å². The van der Waals surface area contributed by atoms with E-state index in [4.69, 9.17) is 4.74 Å². The molecular weight excluding hydrogens is 488 g/mol. The van der Waals surface area contributed by atoms with E-state index in [1.54, 1.807) is 12.3 Å². The van der Waals surface area contributed by atoms with Crippen LogP contribution < -0.4 is 0 Å². The van der Waals surface area contributed by atoms with Crippen LogP contribution in [0.1, 0.15) is 213 Å². The lowest BCUT2D eigenvalue weighted by molar-refractivity contribution is -0.132. The average molecular weight is 561 g/mol. The van der Waals surface area contributed by atoms with E-state index < -0.39 is 0 Å². The molecule has 0 aromatic carbocycles. The number of esters is 1. The van der Waals surface area contributed by atoms with Crippen molar-refractivity contribution in [3.63, 3.8) is 0 Å². The summed E-state index contributed by atoms with van der Waals surface area (Å²) < 4.78 is 5.18. The normalized spacial score (nSPS) is 11.8. The van der Waals surface area contributed by atoms with Crippen molar-refractivity contribution in [3.8, 4) is 0 Å². The van der Waals surface area contributed by atoms with E-state index in [-0.39, 0.29) is 5.97 Å². The Labute approximate surface area is 252 Å². The molecule has 40 heavy (non-hydrogen) atoms. The van der Waals surface area contributed by atoms with Gasteiger partial charge in [-0.25, -0.2) is 4.79 Å². The van der Waals surface area contributed by atoms with Crippen LogP contribution in [0.5, 0.6) is 0 Å². The lowest BCUT2D eigenvalue weighted by Gasteiger charge is -2.03. The zero-order valence-corrected chi connectivity index (χ0v) is 27.5. The van der Waals surface area contributed by atoms with E-state index in [0.717, 1.165) is 12.8 Å². The molecule has 0 rings (SSSR count). The standard InChI is InChI=1S/C38H72O2/c1-3-5-7-9-11-13-15-17-19-20-21-23-25-27-29-31-33-35-37-40-38(39)36-34-32-30-28-26-24-22-18-16-14-12-10-8-6-4-2/h34-37H,3-33H2,1-2H3/b36-34+,37-35+. The number of hydrogen-bond donors (Lipinski definition) is 0. The molecule has 0 aliphatic carbocycles. The summed E-state index contributed by atoms with van der Waals surface area (Å²) >= 11 is 0. The predicted octanol–water partition coefficient (Wildman–Crippen LogP) is 13.7. The van der Waals surface area contributed by atoms with Gasteiger partial charge >= 0.3 is 5.97 Å². The van der Waals surface area contributed by atoms with Gasteiger partial charge in [-0.15, -0.1) is 0 Å². The fraction of sp³-hybridized carbons (Fsp3) is 0.868. The topological polar surface area (TPSA) is 26.3 Å². The quantitative estimate of drug-likeness (QED) is 0.0345. The summed E-state index contributed by atoms with van der Waals surface area (Å²) in [6.45, 7) is 4.57. The number of unbranched alkanes of at least 4 members (excludes halogenated alkanes) is 29. The monoisotopic (exact) mass is 561 g/mol. The Bertz CT molecular complexity index is 536.